The Morgan fingerprint density at radius 3 is 2.59 bits per heavy atom. The Hall–Kier alpha value is -2.05. The van der Waals surface area contributed by atoms with Crippen molar-refractivity contribution in [1.82, 2.24) is 9.21 Å². The maximum Gasteiger partial charge on any atom is 0.127 e. The van der Waals surface area contributed by atoms with E-state index in [0.717, 1.165) is 55.5 Å². The second-order valence-corrected chi connectivity index (χ2v) is 8.28. The van der Waals surface area contributed by atoms with Gasteiger partial charge in [0.1, 0.15) is 16.7 Å². The molecule has 6 heteroatoms. The van der Waals surface area contributed by atoms with Crippen molar-refractivity contribution in [2.45, 2.75) is 18.2 Å². The van der Waals surface area contributed by atoms with Gasteiger partial charge in [-0.3, -0.25) is 0 Å². The number of hydrogen-bond acceptors (Lipinski definition) is 4. The summed E-state index contributed by atoms with van der Waals surface area (Å²) in [6.07, 6.45) is 6.81. The Kier molecular flexibility index (Phi) is 6.39. The van der Waals surface area contributed by atoms with E-state index in [9.17, 15) is 4.21 Å². The van der Waals surface area contributed by atoms with Crippen molar-refractivity contribution in [3.63, 3.8) is 0 Å². The minimum atomic E-state index is -1.11. The molecule has 27 heavy (non-hydrogen) atoms. The minimum Gasteiger partial charge on any atom is -0.497 e. The summed E-state index contributed by atoms with van der Waals surface area (Å²) in [4.78, 5) is 5.43. The van der Waals surface area contributed by atoms with Crippen molar-refractivity contribution < 1.29 is 8.95 Å². The fraction of sp³-hybridized carbons (Fsp3) is 0.429. The van der Waals surface area contributed by atoms with Gasteiger partial charge in [0.2, 0.25) is 0 Å². The van der Waals surface area contributed by atoms with Gasteiger partial charge in [0.05, 0.1) is 12.0 Å². The summed E-state index contributed by atoms with van der Waals surface area (Å²) in [5, 5.41) is 0. The molecule has 146 valence electrons. The van der Waals surface area contributed by atoms with Gasteiger partial charge < -0.3 is 14.5 Å². The zero-order valence-corrected chi connectivity index (χ0v) is 17.3. The van der Waals surface area contributed by atoms with Crippen LogP contribution in [-0.2, 0) is 22.1 Å². The highest BCUT2D eigenvalue weighted by molar-refractivity contribution is 7.82. The quantitative estimate of drug-likeness (QED) is 0.555. The summed E-state index contributed by atoms with van der Waals surface area (Å²) in [5.74, 6) is 0.819. The van der Waals surface area contributed by atoms with E-state index in [2.05, 4.69) is 39.9 Å². The lowest BCUT2D eigenvalue weighted by Crippen LogP contribution is -2.46. The first kappa shape index (κ1) is 19.7. The van der Waals surface area contributed by atoms with Crippen molar-refractivity contribution in [3.05, 3.63) is 60.0 Å². The molecule has 0 aromatic heterocycles. The van der Waals surface area contributed by atoms with Gasteiger partial charge >= 0.3 is 0 Å². The number of ether oxygens (including phenoxy) is 1. The first-order chi connectivity index (χ1) is 13.1. The molecule has 0 radical (unpaired) electrons. The molecule has 0 bridgehead atoms. The molecule has 2 aliphatic heterocycles. The number of benzene rings is 1. The molecule has 0 saturated carbocycles. The molecular weight excluding hydrogens is 358 g/mol. The number of hydrogen-bond donors (Lipinski definition) is 0. The van der Waals surface area contributed by atoms with Crippen molar-refractivity contribution >= 4 is 16.7 Å². The van der Waals surface area contributed by atoms with Crippen molar-refractivity contribution in [2.24, 2.45) is 0 Å². The van der Waals surface area contributed by atoms with E-state index in [1.165, 1.54) is 11.3 Å². The minimum absolute atomic E-state index is 0.757. The zero-order valence-electron chi connectivity index (χ0n) is 16.5. The third kappa shape index (κ3) is 4.28. The number of methoxy groups -OCH3 is 1. The Morgan fingerprint density at radius 2 is 1.96 bits per heavy atom. The van der Waals surface area contributed by atoms with E-state index in [4.69, 9.17) is 4.74 Å². The fourth-order valence-corrected chi connectivity index (χ4v) is 4.82. The molecule has 2 aliphatic rings. The topological polar surface area (TPSA) is 36.0 Å². The monoisotopic (exact) mass is 387 g/mol. The maximum atomic E-state index is 13.0. The van der Waals surface area contributed by atoms with Crippen molar-refractivity contribution in [3.8, 4) is 0 Å². The summed E-state index contributed by atoms with van der Waals surface area (Å²) in [7, 11) is 2.66. The zero-order chi connectivity index (χ0) is 19.4. The van der Waals surface area contributed by atoms with E-state index in [0.29, 0.717) is 0 Å². The Morgan fingerprint density at radius 1 is 1.22 bits per heavy atom. The van der Waals surface area contributed by atoms with Crippen LogP contribution in [0, 0.1) is 0 Å². The number of anilines is 1. The van der Waals surface area contributed by atoms with Crippen LogP contribution in [0.4, 0.5) is 5.69 Å². The predicted molar refractivity (Wildman–Crippen MR) is 112 cm³/mol. The molecule has 3 rings (SSSR count). The Balaban J connectivity index is 1.65. The molecule has 0 aliphatic carbocycles. The second kappa shape index (κ2) is 8.76. The number of fused-ring (bicyclic) bond motifs is 1. The molecule has 1 saturated heterocycles. The van der Waals surface area contributed by atoms with Gasteiger partial charge in [0.25, 0.3) is 0 Å². The third-order valence-corrected chi connectivity index (χ3v) is 6.73. The lowest BCUT2D eigenvalue weighted by molar-refractivity contribution is 0.238. The van der Waals surface area contributed by atoms with E-state index >= 15 is 0 Å². The van der Waals surface area contributed by atoms with Crippen LogP contribution in [0.3, 0.4) is 0 Å². The summed E-state index contributed by atoms with van der Waals surface area (Å²) < 4.78 is 20.4. The van der Waals surface area contributed by atoms with Gasteiger partial charge in [-0.05, 0) is 49.3 Å². The second-order valence-electron chi connectivity index (χ2n) is 6.80. The normalized spacial score (nSPS) is 19.8. The van der Waals surface area contributed by atoms with E-state index in [1.54, 1.807) is 7.11 Å². The average Bonchev–Trinajstić information content (AvgIpc) is 3.09. The van der Waals surface area contributed by atoms with E-state index in [1.807, 2.05) is 31.2 Å². The molecule has 5 nitrogen and oxygen atoms in total. The summed E-state index contributed by atoms with van der Waals surface area (Å²) in [6.45, 7) is 10.1. The van der Waals surface area contributed by atoms with Gasteiger partial charge in [0.15, 0.2) is 0 Å². The SMILES string of the molecule is C=C/C(=C\C(=C/C)OC)N1CCN(S(=O)c2ccc3c(c2)CCN3C)CC1. The predicted octanol–water partition coefficient (Wildman–Crippen LogP) is 2.94. The number of nitrogens with zero attached hydrogens (tertiary/aromatic N) is 3. The molecule has 0 N–H and O–H groups in total. The third-order valence-electron chi connectivity index (χ3n) is 5.24. The van der Waals surface area contributed by atoms with Crippen molar-refractivity contribution in [2.75, 3.05) is 51.8 Å². The number of allylic oxidation sites excluding steroid dienone is 3. The highest BCUT2D eigenvalue weighted by Crippen LogP contribution is 2.29. The van der Waals surface area contributed by atoms with Crippen LogP contribution >= 0.6 is 0 Å². The van der Waals surface area contributed by atoms with Gasteiger partial charge in [-0.15, -0.1) is 0 Å². The van der Waals surface area contributed by atoms with Gasteiger partial charge in [-0.25, -0.2) is 8.51 Å². The lowest BCUT2D eigenvalue weighted by Gasteiger charge is -2.35. The molecule has 1 aromatic carbocycles. The molecule has 0 spiro atoms. The van der Waals surface area contributed by atoms with Crippen LogP contribution in [0.1, 0.15) is 12.5 Å². The van der Waals surface area contributed by atoms with Crippen LogP contribution in [0.15, 0.2) is 59.4 Å². The smallest absolute Gasteiger partial charge is 0.127 e. The van der Waals surface area contributed by atoms with Crippen LogP contribution in [0.25, 0.3) is 0 Å². The molecular formula is C21H29N3O2S. The number of likely N-dealkylation sites (N-methyl/N-ethyl adjacent to an activating group) is 1. The highest BCUT2D eigenvalue weighted by Gasteiger charge is 2.24. The summed E-state index contributed by atoms with van der Waals surface area (Å²) in [5.41, 5.74) is 3.60. The van der Waals surface area contributed by atoms with Crippen molar-refractivity contribution in [1.29, 1.82) is 0 Å². The molecule has 1 atom stereocenters. The van der Waals surface area contributed by atoms with Crippen LogP contribution in [-0.4, -0.2) is 60.3 Å². The first-order valence-corrected chi connectivity index (χ1v) is 10.5. The average molecular weight is 388 g/mol. The Labute approximate surface area is 165 Å². The van der Waals surface area contributed by atoms with Crippen LogP contribution in [0.2, 0.25) is 0 Å². The van der Waals surface area contributed by atoms with Gasteiger partial charge in [-0.2, -0.15) is 0 Å². The van der Waals surface area contributed by atoms with Crippen LogP contribution in [0.5, 0.6) is 0 Å². The molecule has 2 heterocycles. The fourth-order valence-electron chi connectivity index (χ4n) is 3.60. The van der Waals surface area contributed by atoms with Gasteiger partial charge in [-0.1, -0.05) is 6.58 Å². The van der Waals surface area contributed by atoms with E-state index < -0.39 is 11.0 Å². The molecule has 0 amide bonds. The molecule has 1 aromatic rings. The summed E-state index contributed by atoms with van der Waals surface area (Å²) >= 11 is 0. The number of rotatable bonds is 6. The number of piperazine rings is 1. The van der Waals surface area contributed by atoms with Gasteiger partial charge in [0, 0.05) is 57.2 Å². The molecule has 1 fully saturated rings. The highest BCUT2D eigenvalue weighted by atomic mass is 32.2. The van der Waals surface area contributed by atoms with E-state index in [-0.39, 0.29) is 0 Å². The lowest BCUT2D eigenvalue weighted by atomic mass is 10.2. The first-order valence-electron chi connectivity index (χ1n) is 9.37. The summed E-state index contributed by atoms with van der Waals surface area (Å²) in [6, 6.07) is 6.23. The standard InChI is InChI=1S/C21H29N3O2S/c1-5-18(16-19(6-2)26-4)23-11-13-24(14-12-23)27(25)20-7-8-21-17(15-20)9-10-22(21)3/h5-8,15-16H,1,9-14H2,2-4H3/b18-16+,19-6+. The maximum absolute atomic E-state index is 13.0. The largest absolute Gasteiger partial charge is 0.497 e. The van der Waals surface area contributed by atoms with Crippen LogP contribution < -0.4 is 4.90 Å². The molecule has 1 unspecified atom stereocenters. The Bertz CT molecular complexity index is 780.